The van der Waals surface area contributed by atoms with Crippen molar-refractivity contribution >= 4 is 21.6 Å². The highest BCUT2D eigenvalue weighted by Crippen LogP contribution is 2.24. The minimum Gasteiger partial charge on any atom is -0.336 e. The van der Waals surface area contributed by atoms with Gasteiger partial charge in [0, 0.05) is 13.1 Å². The van der Waals surface area contributed by atoms with Crippen LogP contribution >= 0.6 is 0 Å². The van der Waals surface area contributed by atoms with Gasteiger partial charge in [-0.25, -0.2) is 8.42 Å². The molecule has 0 fully saturated rings. The van der Waals surface area contributed by atoms with Gasteiger partial charge in [0.05, 0.1) is 11.9 Å². The lowest BCUT2D eigenvalue weighted by Gasteiger charge is -2.35. The Hall–Kier alpha value is -2.34. The van der Waals surface area contributed by atoms with Crippen molar-refractivity contribution in [2.24, 2.45) is 0 Å². The van der Waals surface area contributed by atoms with Crippen LogP contribution in [0.2, 0.25) is 0 Å². The molecule has 1 atom stereocenters. The Labute approximate surface area is 155 Å². The molecule has 26 heavy (non-hydrogen) atoms. The van der Waals surface area contributed by atoms with E-state index in [4.69, 9.17) is 0 Å². The van der Waals surface area contributed by atoms with Gasteiger partial charge in [-0.05, 0) is 43.5 Å². The van der Waals surface area contributed by atoms with E-state index in [9.17, 15) is 13.2 Å². The Morgan fingerprint density at radius 3 is 2.31 bits per heavy atom. The number of hydrogen-bond acceptors (Lipinski definition) is 3. The zero-order valence-electron chi connectivity index (χ0n) is 15.3. The Bertz CT molecular complexity index is 907. The monoisotopic (exact) mass is 372 g/mol. The number of fused-ring (bicyclic) bond motifs is 1. The van der Waals surface area contributed by atoms with Crippen LogP contribution in [0.25, 0.3) is 0 Å². The Kier molecular flexibility index (Phi) is 5.05. The molecule has 1 amide bonds. The molecule has 1 aliphatic rings. The predicted octanol–water partition coefficient (Wildman–Crippen LogP) is 2.73. The van der Waals surface area contributed by atoms with Gasteiger partial charge in [-0.3, -0.25) is 9.10 Å². The van der Waals surface area contributed by atoms with Gasteiger partial charge in [-0.1, -0.05) is 42.0 Å². The molecule has 0 saturated heterocycles. The third-order valence-electron chi connectivity index (χ3n) is 4.80. The van der Waals surface area contributed by atoms with E-state index in [1.54, 1.807) is 24.0 Å². The van der Waals surface area contributed by atoms with Crippen LogP contribution in [0.5, 0.6) is 0 Å². The Balaban J connectivity index is 1.86. The van der Waals surface area contributed by atoms with E-state index in [1.807, 2.05) is 37.3 Å². The Morgan fingerprint density at radius 2 is 1.69 bits per heavy atom. The maximum atomic E-state index is 13.1. The summed E-state index contributed by atoms with van der Waals surface area (Å²) in [5.41, 5.74) is 3.92. The number of rotatable bonds is 4. The number of anilines is 1. The molecule has 0 unspecified atom stereocenters. The lowest BCUT2D eigenvalue weighted by molar-refractivity contribution is -0.132. The molecular formula is C20H24N2O3S. The van der Waals surface area contributed by atoms with Crippen LogP contribution < -0.4 is 4.31 Å². The molecule has 0 bridgehead atoms. The quantitative estimate of drug-likeness (QED) is 0.829. The maximum absolute atomic E-state index is 13.1. The SMILES string of the molecule is Cc1ccc(N([C@@H](C)C(=O)N2CCc3ccccc3C2)S(C)(=O)=O)cc1. The summed E-state index contributed by atoms with van der Waals surface area (Å²) in [5.74, 6) is -0.175. The summed E-state index contributed by atoms with van der Waals surface area (Å²) in [7, 11) is -3.59. The second-order valence-corrected chi connectivity index (χ2v) is 8.71. The highest BCUT2D eigenvalue weighted by atomic mass is 32.2. The molecule has 0 radical (unpaired) electrons. The first-order chi connectivity index (χ1) is 12.3. The first-order valence-electron chi connectivity index (χ1n) is 8.69. The third kappa shape index (κ3) is 3.75. The van der Waals surface area contributed by atoms with Gasteiger partial charge >= 0.3 is 0 Å². The predicted molar refractivity (Wildman–Crippen MR) is 104 cm³/mol. The van der Waals surface area contributed by atoms with Crippen molar-refractivity contribution in [2.45, 2.75) is 32.9 Å². The number of aryl methyl sites for hydroxylation is 1. The van der Waals surface area contributed by atoms with E-state index in [2.05, 4.69) is 6.07 Å². The molecule has 1 aliphatic heterocycles. The fraction of sp³-hybridized carbons (Fsp3) is 0.350. The fourth-order valence-electron chi connectivity index (χ4n) is 3.44. The zero-order chi connectivity index (χ0) is 18.9. The average molecular weight is 372 g/mol. The zero-order valence-corrected chi connectivity index (χ0v) is 16.2. The molecule has 6 heteroatoms. The number of benzene rings is 2. The van der Waals surface area contributed by atoms with Gasteiger partial charge < -0.3 is 4.90 Å². The van der Waals surface area contributed by atoms with Crippen LogP contribution in [-0.2, 0) is 27.8 Å². The molecular weight excluding hydrogens is 348 g/mol. The van der Waals surface area contributed by atoms with Crippen LogP contribution in [0.4, 0.5) is 5.69 Å². The number of amides is 1. The summed E-state index contributed by atoms with van der Waals surface area (Å²) >= 11 is 0. The van der Waals surface area contributed by atoms with Crippen molar-refractivity contribution in [1.29, 1.82) is 0 Å². The smallest absolute Gasteiger partial charge is 0.246 e. The molecule has 0 saturated carbocycles. The van der Waals surface area contributed by atoms with Gasteiger partial charge in [-0.15, -0.1) is 0 Å². The summed E-state index contributed by atoms with van der Waals surface area (Å²) in [5, 5.41) is 0. The summed E-state index contributed by atoms with van der Waals surface area (Å²) in [6, 6.07) is 14.5. The maximum Gasteiger partial charge on any atom is 0.246 e. The van der Waals surface area contributed by atoms with E-state index < -0.39 is 16.1 Å². The molecule has 0 N–H and O–H groups in total. The fourth-order valence-corrected chi connectivity index (χ4v) is 4.61. The van der Waals surface area contributed by atoms with Crippen LogP contribution in [0.15, 0.2) is 48.5 Å². The molecule has 0 aliphatic carbocycles. The standard InChI is InChI=1S/C20H24N2O3S/c1-15-8-10-19(11-9-15)22(26(3,24)25)16(2)20(23)21-13-12-17-6-4-5-7-18(17)14-21/h4-11,16H,12-14H2,1-3H3/t16-/m0/s1. The minimum atomic E-state index is -3.59. The van der Waals surface area contributed by atoms with E-state index in [0.29, 0.717) is 18.8 Å². The number of carbonyl (C=O) groups excluding carboxylic acids is 1. The molecule has 1 heterocycles. The van der Waals surface area contributed by atoms with E-state index in [0.717, 1.165) is 23.8 Å². The second-order valence-electron chi connectivity index (χ2n) is 6.85. The van der Waals surface area contributed by atoms with Crippen LogP contribution in [-0.4, -0.2) is 38.1 Å². The van der Waals surface area contributed by atoms with Gasteiger partial charge in [0.1, 0.15) is 6.04 Å². The Morgan fingerprint density at radius 1 is 1.08 bits per heavy atom. The van der Waals surface area contributed by atoms with Crippen molar-refractivity contribution < 1.29 is 13.2 Å². The first kappa shape index (κ1) is 18.5. The number of carbonyl (C=O) groups is 1. The number of nitrogens with zero attached hydrogens (tertiary/aromatic N) is 2. The van der Waals surface area contributed by atoms with Gasteiger partial charge in [0.15, 0.2) is 0 Å². The van der Waals surface area contributed by atoms with E-state index >= 15 is 0 Å². The van der Waals surface area contributed by atoms with E-state index in [-0.39, 0.29) is 5.91 Å². The molecule has 2 aromatic rings. The second kappa shape index (κ2) is 7.11. The molecule has 5 nitrogen and oxygen atoms in total. The molecule has 3 rings (SSSR count). The largest absolute Gasteiger partial charge is 0.336 e. The van der Waals surface area contributed by atoms with Crippen molar-refractivity contribution in [3.63, 3.8) is 0 Å². The number of hydrogen-bond donors (Lipinski definition) is 0. The average Bonchev–Trinajstić information content (AvgIpc) is 2.61. The molecule has 0 aromatic heterocycles. The van der Waals surface area contributed by atoms with Crippen molar-refractivity contribution in [2.75, 3.05) is 17.1 Å². The first-order valence-corrected chi connectivity index (χ1v) is 10.5. The van der Waals surface area contributed by atoms with Gasteiger partial charge in [-0.2, -0.15) is 0 Å². The summed E-state index contributed by atoms with van der Waals surface area (Å²) in [4.78, 5) is 14.8. The molecule has 138 valence electrons. The summed E-state index contributed by atoms with van der Waals surface area (Å²) in [6.45, 7) is 4.72. The number of sulfonamides is 1. The van der Waals surface area contributed by atoms with E-state index in [1.165, 1.54) is 9.87 Å². The van der Waals surface area contributed by atoms with Crippen LogP contribution in [0.1, 0.15) is 23.6 Å². The molecule has 2 aromatic carbocycles. The highest BCUT2D eigenvalue weighted by Gasteiger charge is 2.33. The van der Waals surface area contributed by atoms with Crippen LogP contribution in [0.3, 0.4) is 0 Å². The lowest BCUT2D eigenvalue weighted by Crippen LogP contribution is -2.50. The minimum absolute atomic E-state index is 0.175. The van der Waals surface area contributed by atoms with Crippen molar-refractivity contribution in [1.82, 2.24) is 4.90 Å². The lowest BCUT2D eigenvalue weighted by atomic mass is 9.99. The summed E-state index contributed by atoms with van der Waals surface area (Å²) < 4.78 is 26.0. The highest BCUT2D eigenvalue weighted by molar-refractivity contribution is 7.92. The van der Waals surface area contributed by atoms with Crippen LogP contribution in [0, 0.1) is 6.92 Å². The van der Waals surface area contributed by atoms with Crippen molar-refractivity contribution in [3.8, 4) is 0 Å². The van der Waals surface area contributed by atoms with Crippen molar-refractivity contribution in [3.05, 3.63) is 65.2 Å². The topological polar surface area (TPSA) is 57.7 Å². The molecule has 0 spiro atoms. The normalized spacial score (nSPS) is 15.3. The van der Waals surface area contributed by atoms with Gasteiger partial charge in [0.2, 0.25) is 15.9 Å². The van der Waals surface area contributed by atoms with Gasteiger partial charge in [0.25, 0.3) is 0 Å². The summed E-state index contributed by atoms with van der Waals surface area (Å²) in [6.07, 6.45) is 1.93. The third-order valence-corrected chi connectivity index (χ3v) is 6.04.